The Hall–Kier alpha value is -0.730. The van der Waals surface area contributed by atoms with Gasteiger partial charge in [-0.3, -0.25) is 0 Å². The highest BCUT2D eigenvalue weighted by Crippen LogP contribution is 2.24. The highest BCUT2D eigenvalue weighted by molar-refractivity contribution is 14.0. The van der Waals surface area contributed by atoms with Gasteiger partial charge in [-0.05, 0) is 48.4 Å². The molecule has 0 bridgehead atoms. The van der Waals surface area contributed by atoms with E-state index in [1.54, 1.807) is 19.1 Å². The number of aliphatic imine (C=N–C) groups is 1. The lowest BCUT2D eigenvalue weighted by Gasteiger charge is -2.24. The topological polar surface area (TPSA) is 94.0 Å². The average molecular weight is 559 g/mol. The molecule has 2 aromatic rings. The first-order valence-corrected chi connectivity index (χ1v) is 11.6. The molecule has 158 valence electrons. The maximum atomic E-state index is 12.2. The lowest BCUT2D eigenvalue weighted by molar-refractivity contribution is 0.0621. The van der Waals surface area contributed by atoms with Crippen molar-refractivity contribution in [2.45, 2.75) is 30.2 Å². The van der Waals surface area contributed by atoms with Gasteiger partial charge in [0.25, 0.3) is 10.0 Å². The van der Waals surface area contributed by atoms with Crippen molar-refractivity contribution in [2.24, 2.45) is 4.99 Å². The van der Waals surface area contributed by atoms with E-state index in [1.807, 2.05) is 23.8 Å². The summed E-state index contributed by atoms with van der Waals surface area (Å²) >= 11 is 2.75. The zero-order chi connectivity index (χ0) is 20.1. The predicted molar refractivity (Wildman–Crippen MR) is 127 cm³/mol. The number of nitrogens with one attached hydrogen (secondary N) is 2. The number of rotatable bonds is 8. The maximum Gasteiger partial charge on any atom is 0.252 e. The van der Waals surface area contributed by atoms with Crippen LogP contribution in [0.2, 0.25) is 0 Å². The van der Waals surface area contributed by atoms with Crippen molar-refractivity contribution in [3.63, 3.8) is 0 Å². The van der Waals surface area contributed by atoms with Gasteiger partial charge in [-0.15, -0.1) is 35.3 Å². The Morgan fingerprint density at radius 1 is 1.29 bits per heavy atom. The van der Waals surface area contributed by atoms with Crippen molar-refractivity contribution in [2.75, 3.05) is 27.2 Å². The van der Waals surface area contributed by atoms with Crippen LogP contribution in [-0.4, -0.2) is 51.0 Å². The van der Waals surface area contributed by atoms with E-state index in [0.717, 1.165) is 10.4 Å². The van der Waals surface area contributed by atoms with E-state index < -0.39 is 15.6 Å². The predicted octanol–water partition coefficient (Wildman–Crippen LogP) is 2.64. The molecule has 0 aliphatic carbocycles. The molecular formula is C17H27IN4O3S3. The summed E-state index contributed by atoms with van der Waals surface area (Å²) < 4.78 is 25.8. The SMILES string of the molecule is CCNC(=NCc1ccc(S(=O)(=O)N(C)C)s1)NCC(C)(O)c1ccsc1.I. The zero-order valence-electron chi connectivity index (χ0n) is 16.3. The molecule has 0 radical (unpaired) electrons. The summed E-state index contributed by atoms with van der Waals surface area (Å²) in [5.41, 5.74) is -0.154. The second-order valence-electron chi connectivity index (χ2n) is 6.34. The number of hydrogen-bond acceptors (Lipinski definition) is 6. The summed E-state index contributed by atoms with van der Waals surface area (Å²) in [7, 11) is -0.393. The monoisotopic (exact) mass is 558 g/mol. The quantitative estimate of drug-likeness (QED) is 0.263. The van der Waals surface area contributed by atoms with Crippen LogP contribution in [0, 0.1) is 0 Å². The van der Waals surface area contributed by atoms with Crippen LogP contribution >= 0.6 is 46.7 Å². The zero-order valence-corrected chi connectivity index (χ0v) is 21.1. The fraction of sp³-hybridized carbons (Fsp3) is 0.471. The van der Waals surface area contributed by atoms with Crippen LogP contribution in [-0.2, 0) is 22.2 Å². The molecule has 3 N–H and O–H groups in total. The van der Waals surface area contributed by atoms with Gasteiger partial charge in [0.15, 0.2) is 5.96 Å². The number of halogens is 1. The molecule has 0 saturated carbocycles. The van der Waals surface area contributed by atoms with E-state index in [2.05, 4.69) is 15.6 Å². The molecule has 11 heteroatoms. The van der Waals surface area contributed by atoms with Gasteiger partial charge in [-0.25, -0.2) is 17.7 Å². The largest absolute Gasteiger partial charge is 0.384 e. The van der Waals surface area contributed by atoms with Crippen molar-refractivity contribution >= 4 is 62.6 Å². The van der Waals surface area contributed by atoms with Gasteiger partial charge in [-0.2, -0.15) is 11.3 Å². The van der Waals surface area contributed by atoms with Gasteiger partial charge in [0, 0.05) is 25.5 Å². The van der Waals surface area contributed by atoms with Gasteiger partial charge in [-0.1, -0.05) is 0 Å². The van der Waals surface area contributed by atoms with Gasteiger partial charge < -0.3 is 15.7 Å². The van der Waals surface area contributed by atoms with Crippen LogP contribution in [0.5, 0.6) is 0 Å². The Bertz CT molecular complexity index is 862. The van der Waals surface area contributed by atoms with E-state index in [1.165, 1.54) is 41.1 Å². The fourth-order valence-corrected chi connectivity index (χ4v) is 5.42. The molecule has 1 atom stereocenters. The molecule has 0 aromatic carbocycles. The van der Waals surface area contributed by atoms with Crippen molar-refractivity contribution in [1.82, 2.24) is 14.9 Å². The normalized spacial score (nSPS) is 14.4. The Morgan fingerprint density at radius 3 is 2.57 bits per heavy atom. The van der Waals surface area contributed by atoms with Gasteiger partial charge >= 0.3 is 0 Å². The molecule has 7 nitrogen and oxygen atoms in total. The highest BCUT2D eigenvalue weighted by atomic mass is 127. The number of guanidine groups is 1. The van der Waals surface area contributed by atoms with Crippen LogP contribution in [0.3, 0.4) is 0 Å². The third-order valence-electron chi connectivity index (χ3n) is 3.85. The molecule has 0 spiro atoms. The van der Waals surface area contributed by atoms with Gasteiger partial charge in [0.1, 0.15) is 9.81 Å². The second kappa shape index (κ2) is 10.9. The third kappa shape index (κ3) is 6.66. The Morgan fingerprint density at radius 2 is 2.00 bits per heavy atom. The summed E-state index contributed by atoms with van der Waals surface area (Å²) in [6.07, 6.45) is 0. The molecule has 0 amide bonds. The molecule has 2 aromatic heterocycles. The smallest absolute Gasteiger partial charge is 0.252 e. The van der Waals surface area contributed by atoms with E-state index in [9.17, 15) is 13.5 Å². The molecule has 2 heterocycles. The Balaban J connectivity index is 0.00000392. The molecular weight excluding hydrogens is 531 g/mol. The number of hydrogen-bond donors (Lipinski definition) is 3. The summed E-state index contributed by atoms with van der Waals surface area (Å²) in [6.45, 7) is 5.05. The van der Waals surface area contributed by atoms with Crippen LogP contribution in [0.4, 0.5) is 0 Å². The number of sulfonamides is 1. The lowest BCUT2D eigenvalue weighted by Crippen LogP contribution is -2.44. The standard InChI is InChI=1S/C17H26N4O3S3.HI/c1-5-18-16(20-12-17(2,22)13-8-9-25-11-13)19-10-14-6-7-15(26-14)27(23,24)21(3)4;/h6-9,11,22H,5,10,12H2,1-4H3,(H2,18,19,20);1H. The van der Waals surface area contributed by atoms with Gasteiger partial charge in [0.2, 0.25) is 0 Å². The lowest BCUT2D eigenvalue weighted by atomic mass is 9.99. The number of nitrogens with zero attached hydrogens (tertiary/aromatic N) is 2. The number of thiophene rings is 2. The third-order valence-corrected chi connectivity index (χ3v) is 7.89. The molecule has 0 saturated heterocycles. The molecule has 0 aliphatic heterocycles. The second-order valence-corrected chi connectivity index (χ2v) is 10.7. The minimum atomic E-state index is -3.42. The summed E-state index contributed by atoms with van der Waals surface area (Å²) in [5.74, 6) is 0.568. The van der Waals surface area contributed by atoms with E-state index in [4.69, 9.17) is 0 Å². The molecule has 2 rings (SSSR count). The first-order valence-electron chi connectivity index (χ1n) is 8.45. The Kier molecular flexibility index (Phi) is 9.83. The van der Waals surface area contributed by atoms with Gasteiger partial charge in [0.05, 0.1) is 13.1 Å². The van der Waals surface area contributed by atoms with Crippen molar-refractivity contribution in [1.29, 1.82) is 0 Å². The van der Waals surface area contributed by atoms with Crippen LogP contribution in [0.25, 0.3) is 0 Å². The van der Waals surface area contributed by atoms with Crippen LogP contribution < -0.4 is 10.6 Å². The molecule has 0 aliphatic rings. The minimum Gasteiger partial charge on any atom is -0.384 e. The molecule has 0 fully saturated rings. The van der Waals surface area contributed by atoms with Crippen LogP contribution in [0.15, 0.2) is 38.2 Å². The first-order chi connectivity index (χ1) is 12.7. The minimum absolute atomic E-state index is 0. The fourth-order valence-electron chi connectivity index (χ4n) is 2.19. The summed E-state index contributed by atoms with van der Waals surface area (Å²) in [5, 5.41) is 20.7. The van der Waals surface area contributed by atoms with Crippen molar-refractivity contribution in [3.8, 4) is 0 Å². The highest BCUT2D eigenvalue weighted by Gasteiger charge is 2.24. The van der Waals surface area contributed by atoms with Crippen LogP contribution in [0.1, 0.15) is 24.3 Å². The van der Waals surface area contributed by atoms with Crippen molar-refractivity contribution in [3.05, 3.63) is 39.4 Å². The number of aliphatic hydroxyl groups is 1. The van der Waals surface area contributed by atoms with E-state index in [-0.39, 0.29) is 24.0 Å². The first kappa shape index (κ1) is 25.3. The maximum absolute atomic E-state index is 12.2. The van der Waals surface area contributed by atoms with E-state index in [0.29, 0.717) is 29.8 Å². The Labute approximate surface area is 192 Å². The summed E-state index contributed by atoms with van der Waals surface area (Å²) in [6, 6.07) is 5.27. The average Bonchev–Trinajstić information content (AvgIpc) is 3.29. The molecule has 1 unspecified atom stereocenters. The van der Waals surface area contributed by atoms with Crippen molar-refractivity contribution < 1.29 is 13.5 Å². The molecule has 28 heavy (non-hydrogen) atoms. The van der Waals surface area contributed by atoms with E-state index >= 15 is 0 Å². The summed E-state index contributed by atoms with van der Waals surface area (Å²) in [4.78, 5) is 5.34.